The number of hydrogen-bond acceptors (Lipinski definition) is 8. The number of amides is 1. The summed E-state index contributed by atoms with van der Waals surface area (Å²) in [5, 5.41) is 3.34. The maximum Gasteiger partial charge on any atom is 0.295 e. The molecular weight excluding hydrogens is 468 g/mol. The monoisotopic (exact) mass is 502 g/mol. The Morgan fingerprint density at radius 1 is 1.08 bits per heavy atom. The molecule has 0 spiro atoms. The highest BCUT2D eigenvalue weighted by molar-refractivity contribution is 5.75. The van der Waals surface area contributed by atoms with E-state index in [-0.39, 0.29) is 17.5 Å². The van der Waals surface area contributed by atoms with Crippen molar-refractivity contribution in [2.75, 3.05) is 25.0 Å². The first-order chi connectivity index (χ1) is 17.9. The van der Waals surface area contributed by atoms with Gasteiger partial charge in [0, 0.05) is 38.5 Å². The van der Waals surface area contributed by atoms with Crippen molar-refractivity contribution >= 4 is 22.9 Å². The maximum atomic E-state index is 13.8. The zero-order valence-corrected chi connectivity index (χ0v) is 21.8. The lowest BCUT2D eigenvalue weighted by Gasteiger charge is -2.31. The topological polar surface area (TPSA) is 119 Å². The predicted octanol–water partition coefficient (Wildman–Crippen LogP) is 3.47. The van der Waals surface area contributed by atoms with E-state index in [1.165, 1.54) is 0 Å². The van der Waals surface area contributed by atoms with Crippen molar-refractivity contribution in [1.29, 1.82) is 0 Å². The summed E-state index contributed by atoms with van der Waals surface area (Å²) in [5.74, 6) is 2.32. The first-order valence-electron chi connectivity index (χ1n) is 13.5. The van der Waals surface area contributed by atoms with Gasteiger partial charge < -0.3 is 10.2 Å². The van der Waals surface area contributed by atoms with Crippen molar-refractivity contribution in [1.82, 2.24) is 34.4 Å². The van der Waals surface area contributed by atoms with Crippen molar-refractivity contribution < 1.29 is 4.79 Å². The van der Waals surface area contributed by atoms with E-state index in [2.05, 4.69) is 32.2 Å². The van der Waals surface area contributed by atoms with Gasteiger partial charge in [-0.15, -0.1) is 0 Å². The number of carbonyl (C=O) groups is 1. The molecule has 1 atom stereocenters. The molecule has 1 amide bonds. The van der Waals surface area contributed by atoms with Crippen LogP contribution in [0.3, 0.4) is 0 Å². The SMILES string of the molecule is CC(=O)N1CCC(CNc2nc3cnc(-c4c(C)ncnc4C4CC4)nc3n(C(C)C3CC3)c2=O)CC1. The van der Waals surface area contributed by atoms with E-state index in [1.807, 2.05) is 16.4 Å². The number of rotatable bonds is 7. The van der Waals surface area contributed by atoms with E-state index in [1.54, 1.807) is 19.4 Å². The number of anilines is 1. The van der Waals surface area contributed by atoms with Crippen LogP contribution in [0, 0.1) is 18.8 Å². The van der Waals surface area contributed by atoms with Crippen LogP contribution in [-0.4, -0.2) is 59.9 Å². The first kappa shape index (κ1) is 23.9. The number of aryl methyl sites for hydroxylation is 1. The summed E-state index contributed by atoms with van der Waals surface area (Å²) in [6, 6.07) is 0.0242. The number of aromatic nitrogens is 6. The second-order valence-corrected chi connectivity index (χ2v) is 10.9. The van der Waals surface area contributed by atoms with E-state index >= 15 is 0 Å². The normalized spacial score (nSPS) is 19.3. The largest absolute Gasteiger partial charge is 0.365 e. The van der Waals surface area contributed by atoms with Gasteiger partial charge >= 0.3 is 0 Å². The quantitative estimate of drug-likeness (QED) is 0.522. The second kappa shape index (κ2) is 9.46. The number of carbonyl (C=O) groups excluding carboxylic acids is 1. The number of piperidine rings is 1. The Hall–Kier alpha value is -3.43. The highest BCUT2D eigenvalue weighted by atomic mass is 16.2. The molecule has 194 valence electrons. The van der Waals surface area contributed by atoms with Crippen LogP contribution in [0.15, 0.2) is 17.3 Å². The van der Waals surface area contributed by atoms with Crippen LogP contribution in [0.25, 0.3) is 22.6 Å². The summed E-state index contributed by atoms with van der Waals surface area (Å²) in [6.07, 6.45) is 9.64. The number of nitrogens with one attached hydrogen (secondary N) is 1. The third kappa shape index (κ3) is 4.69. The molecule has 1 unspecified atom stereocenters. The molecule has 3 fully saturated rings. The molecule has 1 saturated heterocycles. The van der Waals surface area contributed by atoms with Gasteiger partial charge in [0.25, 0.3) is 5.56 Å². The Balaban J connectivity index is 1.35. The highest BCUT2D eigenvalue weighted by Crippen LogP contribution is 2.43. The average molecular weight is 503 g/mol. The number of hydrogen-bond donors (Lipinski definition) is 1. The van der Waals surface area contributed by atoms with Gasteiger partial charge in [-0.05, 0) is 64.2 Å². The maximum absolute atomic E-state index is 13.8. The van der Waals surface area contributed by atoms with Gasteiger partial charge in [0.1, 0.15) is 11.8 Å². The molecule has 1 aliphatic heterocycles. The Morgan fingerprint density at radius 2 is 1.84 bits per heavy atom. The molecule has 6 rings (SSSR count). The molecular formula is C27H34N8O2. The Bertz CT molecular complexity index is 1400. The summed E-state index contributed by atoms with van der Waals surface area (Å²) < 4.78 is 1.82. The predicted molar refractivity (Wildman–Crippen MR) is 140 cm³/mol. The Kier molecular flexibility index (Phi) is 6.12. The lowest BCUT2D eigenvalue weighted by atomic mass is 9.97. The van der Waals surface area contributed by atoms with Crippen molar-refractivity contribution in [2.24, 2.45) is 11.8 Å². The molecule has 10 heteroatoms. The number of likely N-dealkylation sites (tertiary alicyclic amines) is 1. The summed E-state index contributed by atoms with van der Waals surface area (Å²) in [6.45, 7) is 7.86. The van der Waals surface area contributed by atoms with Gasteiger partial charge in [-0.2, -0.15) is 0 Å². The first-order valence-corrected chi connectivity index (χ1v) is 13.5. The van der Waals surface area contributed by atoms with E-state index < -0.39 is 0 Å². The van der Waals surface area contributed by atoms with Crippen LogP contribution in [0.5, 0.6) is 0 Å². The van der Waals surface area contributed by atoms with Crippen LogP contribution in [0.4, 0.5) is 5.82 Å². The molecule has 4 heterocycles. The van der Waals surface area contributed by atoms with E-state index in [0.717, 1.165) is 68.6 Å². The minimum Gasteiger partial charge on any atom is -0.365 e. The highest BCUT2D eigenvalue weighted by Gasteiger charge is 2.33. The molecule has 0 radical (unpaired) electrons. The lowest BCUT2D eigenvalue weighted by Crippen LogP contribution is -2.39. The van der Waals surface area contributed by atoms with Crippen molar-refractivity contribution in [3.8, 4) is 11.4 Å². The molecule has 10 nitrogen and oxygen atoms in total. The van der Waals surface area contributed by atoms with Gasteiger partial charge in [-0.3, -0.25) is 14.2 Å². The fraction of sp³-hybridized carbons (Fsp3) is 0.593. The fourth-order valence-electron chi connectivity index (χ4n) is 5.53. The molecule has 2 saturated carbocycles. The zero-order chi connectivity index (χ0) is 25.7. The van der Waals surface area contributed by atoms with Crippen molar-refractivity contribution in [3.05, 3.63) is 34.3 Å². The summed E-state index contributed by atoms with van der Waals surface area (Å²) in [5.41, 5.74) is 3.76. The lowest BCUT2D eigenvalue weighted by molar-refractivity contribution is -0.130. The van der Waals surface area contributed by atoms with E-state index in [9.17, 15) is 9.59 Å². The molecule has 3 aromatic heterocycles. The van der Waals surface area contributed by atoms with Crippen LogP contribution >= 0.6 is 0 Å². The third-order valence-electron chi connectivity index (χ3n) is 8.22. The van der Waals surface area contributed by atoms with Gasteiger partial charge in [-0.25, -0.2) is 24.9 Å². The number of fused-ring (bicyclic) bond motifs is 1. The summed E-state index contributed by atoms with van der Waals surface area (Å²) in [7, 11) is 0. The zero-order valence-electron chi connectivity index (χ0n) is 21.8. The minimum absolute atomic E-state index is 0.0242. The summed E-state index contributed by atoms with van der Waals surface area (Å²) in [4.78, 5) is 50.6. The van der Waals surface area contributed by atoms with Gasteiger partial charge in [-0.1, -0.05) is 0 Å². The molecule has 1 N–H and O–H groups in total. The third-order valence-corrected chi connectivity index (χ3v) is 8.22. The van der Waals surface area contributed by atoms with Crippen LogP contribution in [0.1, 0.15) is 75.7 Å². The number of nitrogens with zero attached hydrogens (tertiary/aromatic N) is 7. The fourth-order valence-corrected chi connectivity index (χ4v) is 5.53. The van der Waals surface area contributed by atoms with Crippen molar-refractivity contribution in [3.63, 3.8) is 0 Å². The van der Waals surface area contributed by atoms with Crippen LogP contribution in [0.2, 0.25) is 0 Å². The molecule has 2 aliphatic carbocycles. The molecule has 0 bridgehead atoms. The molecule has 3 aromatic rings. The summed E-state index contributed by atoms with van der Waals surface area (Å²) >= 11 is 0. The molecule has 0 aromatic carbocycles. The standard InChI is InChI=1S/C27H34N8O2/c1-15-22(23(20-6-7-20)31-14-30-15)24-29-13-21-26(33-24)35(16(2)19-4-5-19)27(37)25(32-21)28-12-18-8-10-34(11-9-18)17(3)36/h13-14,16,18-20H,4-12H2,1-3H3,(H,28,32). The van der Waals surface area contributed by atoms with Gasteiger partial charge in [0.15, 0.2) is 17.3 Å². The van der Waals surface area contributed by atoms with E-state index in [4.69, 9.17) is 4.98 Å². The smallest absolute Gasteiger partial charge is 0.295 e. The van der Waals surface area contributed by atoms with Gasteiger partial charge in [0.05, 0.1) is 23.1 Å². The molecule has 3 aliphatic rings. The Morgan fingerprint density at radius 3 is 2.51 bits per heavy atom. The Labute approximate surface area is 216 Å². The van der Waals surface area contributed by atoms with Crippen LogP contribution in [-0.2, 0) is 4.79 Å². The average Bonchev–Trinajstić information content (AvgIpc) is 3.81. The van der Waals surface area contributed by atoms with E-state index in [0.29, 0.717) is 47.1 Å². The van der Waals surface area contributed by atoms with Gasteiger partial charge in [0.2, 0.25) is 5.91 Å². The van der Waals surface area contributed by atoms with Crippen LogP contribution < -0.4 is 10.9 Å². The van der Waals surface area contributed by atoms with Crippen molar-refractivity contribution in [2.45, 2.75) is 71.3 Å². The minimum atomic E-state index is -0.138. The second-order valence-electron chi connectivity index (χ2n) is 10.9. The molecule has 37 heavy (non-hydrogen) atoms.